The van der Waals surface area contributed by atoms with Crippen molar-refractivity contribution >= 4 is 0 Å². The van der Waals surface area contributed by atoms with Crippen molar-refractivity contribution in [2.75, 3.05) is 13.2 Å². The molecule has 1 fully saturated rings. The number of benzene rings is 1. The molecule has 2 atom stereocenters. The van der Waals surface area contributed by atoms with Gasteiger partial charge in [-0.25, -0.2) is 0 Å². The van der Waals surface area contributed by atoms with Crippen LogP contribution >= 0.6 is 0 Å². The molecule has 0 radical (unpaired) electrons. The summed E-state index contributed by atoms with van der Waals surface area (Å²) in [5.41, 5.74) is 4.12. The van der Waals surface area contributed by atoms with Gasteiger partial charge in [0.15, 0.2) is 0 Å². The number of nitrogens with one attached hydrogen (secondary N) is 1. The van der Waals surface area contributed by atoms with Crippen LogP contribution in [0.1, 0.15) is 55.3 Å². The lowest BCUT2D eigenvalue weighted by molar-refractivity contribution is -0.00828. The van der Waals surface area contributed by atoms with Crippen LogP contribution in [0, 0.1) is 13.8 Å². The van der Waals surface area contributed by atoms with Crippen LogP contribution in [0.25, 0.3) is 0 Å². The molecular weight excluding hydrogens is 234 g/mol. The van der Waals surface area contributed by atoms with Crippen LogP contribution in [-0.4, -0.2) is 19.3 Å². The Labute approximate surface area is 117 Å². The van der Waals surface area contributed by atoms with Crippen molar-refractivity contribution in [2.24, 2.45) is 0 Å². The first-order chi connectivity index (χ1) is 9.22. The second-order valence-electron chi connectivity index (χ2n) is 5.70. The van der Waals surface area contributed by atoms with Gasteiger partial charge in [0.2, 0.25) is 0 Å². The monoisotopic (exact) mass is 261 g/mol. The summed E-state index contributed by atoms with van der Waals surface area (Å²) >= 11 is 0. The third-order valence-electron chi connectivity index (χ3n) is 3.96. The van der Waals surface area contributed by atoms with E-state index < -0.39 is 0 Å². The van der Waals surface area contributed by atoms with E-state index >= 15 is 0 Å². The van der Waals surface area contributed by atoms with E-state index in [0.717, 1.165) is 19.6 Å². The van der Waals surface area contributed by atoms with Crippen molar-refractivity contribution in [3.8, 4) is 0 Å². The molecule has 0 aliphatic carbocycles. The van der Waals surface area contributed by atoms with Crippen LogP contribution in [0.15, 0.2) is 18.2 Å². The average Bonchev–Trinajstić information content (AvgIpc) is 2.42. The highest BCUT2D eigenvalue weighted by Gasteiger charge is 2.26. The molecule has 1 heterocycles. The first-order valence-electron chi connectivity index (χ1n) is 7.64. The van der Waals surface area contributed by atoms with E-state index in [1.165, 1.54) is 36.0 Å². The molecule has 19 heavy (non-hydrogen) atoms. The number of rotatable bonds is 5. The topological polar surface area (TPSA) is 21.3 Å². The SMILES string of the molecule is CCCNC(c1ccc(C)cc1C)C1CCCCO1. The fourth-order valence-electron chi connectivity index (χ4n) is 2.94. The van der Waals surface area contributed by atoms with E-state index in [2.05, 4.69) is 44.3 Å². The molecular formula is C17H27NO. The lowest BCUT2D eigenvalue weighted by Gasteiger charge is -2.32. The molecule has 2 unspecified atom stereocenters. The van der Waals surface area contributed by atoms with Crippen molar-refractivity contribution in [3.05, 3.63) is 34.9 Å². The van der Waals surface area contributed by atoms with E-state index in [4.69, 9.17) is 4.74 Å². The van der Waals surface area contributed by atoms with Gasteiger partial charge in [0.25, 0.3) is 0 Å². The fraction of sp³-hybridized carbons (Fsp3) is 0.647. The highest BCUT2D eigenvalue weighted by atomic mass is 16.5. The van der Waals surface area contributed by atoms with E-state index in [0.29, 0.717) is 12.1 Å². The predicted molar refractivity (Wildman–Crippen MR) is 80.5 cm³/mol. The standard InChI is InChI=1S/C17H27NO/c1-4-10-18-17(16-7-5-6-11-19-16)15-9-8-13(2)12-14(15)3/h8-9,12,16-18H,4-7,10-11H2,1-3H3. The summed E-state index contributed by atoms with van der Waals surface area (Å²) in [4.78, 5) is 0. The Hall–Kier alpha value is -0.860. The van der Waals surface area contributed by atoms with Crippen LogP contribution in [0.5, 0.6) is 0 Å². The van der Waals surface area contributed by atoms with Gasteiger partial charge in [-0.2, -0.15) is 0 Å². The Kier molecular flexibility index (Phi) is 5.41. The zero-order valence-corrected chi connectivity index (χ0v) is 12.5. The molecule has 2 heteroatoms. The number of hydrogen-bond acceptors (Lipinski definition) is 2. The lowest BCUT2D eigenvalue weighted by Crippen LogP contribution is -2.36. The van der Waals surface area contributed by atoms with Crippen LogP contribution in [0.4, 0.5) is 0 Å². The van der Waals surface area contributed by atoms with E-state index in [-0.39, 0.29) is 0 Å². The summed E-state index contributed by atoms with van der Waals surface area (Å²) in [7, 11) is 0. The second kappa shape index (κ2) is 7.06. The molecule has 0 amide bonds. The normalized spacial score (nSPS) is 21.3. The maximum Gasteiger partial charge on any atom is 0.0769 e. The van der Waals surface area contributed by atoms with Crippen molar-refractivity contribution in [1.82, 2.24) is 5.32 Å². The molecule has 2 rings (SSSR count). The summed E-state index contributed by atoms with van der Waals surface area (Å²) in [5.74, 6) is 0. The summed E-state index contributed by atoms with van der Waals surface area (Å²) in [6.45, 7) is 8.56. The van der Waals surface area contributed by atoms with Gasteiger partial charge in [-0.1, -0.05) is 30.7 Å². The molecule has 0 aromatic heterocycles. The summed E-state index contributed by atoms with van der Waals surface area (Å²) in [6, 6.07) is 7.11. The molecule has 2 nitrogen and oxygen atoms in total. The van der Waals surface area contributed by atoms with Crippen LogP contribution in [0.3, 0.4) is 0 Å². The minimum absolute atomic E-state index is 0.335. The average molecular weight is 261 g/mol. The minimum atomic E-state index is 0.335. The largest absolute Gasteiger partial charge is 0.376 e. The quantitative estimate of drug-likeness (QED) is 0.867. The Morgan fingerprint density at radius 2 is 2.16 bits per heavy atom. The molecule has 0 spiro atoms. The fourth-order valence-corrected chi connectivity index (χ4v) is 2.94. The first-order valence-corrected chi connectivity index (χ1v) is 7.64. The summed E-state index contributed by atoms with van der Waals surface area (Å²) in [5, 5.41) is 3.69. The van der Waals surface area contributed by atoms with Gasteiger partial charge in [0, 0.05) is 6.61 Å². The van der Waals surface area contributed by atoms with E-state index in [9.17, 15) is 0 Å². The lowest BCUT2D eigenvalue weighted by atomic mass is 9.92. The zero-order valence-electron chi connectivity index (χ0n) is 12.5. The van der Waals surface area contributed by atoms with E-state index in [1.54, 1.807) is 0 Å². The molecule has 0 saturated carbocycles. The van der Waals surface area contributed by atoms with Crippen LogP contribution in [0.2, 0.25) is 0 Å². The number of ether oxygens (including phenoxy) is 1. The highest BCUT2D eigenvalue weighted by molar-refractivity contribution is 5.33. The Morgan fingerprint density at radius 1 is 1.32 bits per heavy atom. The van der Waals surface area contributed by atoms with Gasteiger partial charge in [-0.3, -0.25) is 0 Å². The van der Waals surface area contributed by atoms with Gasteiger partial charge in [0.1, 0.15) is 0 Å². The molecule has 106 valence electrons. The maximum atomic E-state index is 6.01. The Morgan fingerprint density at radius 3 is 2.79 bits per heavy atom. The number of aryl methyl sites for hydroxylation is 2. The van der Waals surface area contributed by atoms with Crippen LogP contribution in [-0.2, 0) is 4.74 Å². The van der Waals surface area contributed by atoms with Crippen molar-refractivity contribution in [1.29, 1.82) is 0 Å². The number of hydrogen-bond donors (Lipinski definition) is 1. The highest BCUT2D eigenvalue weighted by Crippen LogP contribution is 2.29. The van der Waals surface area contributed by atoms with Gasteiger partial charge < -0.3 is 10.1 Å². The van der Waals surface area contributed by atoms with Gasteiger partial charge >= 0.3 is 0 Å². The van der Waals surface area contributed by atoms with Crippen molar-refractivity contribution < 1.29 is 4.74 Å². The Bertz CT molecular complexity index is 396. The maximum absolute atomic E-state index is 6.01. The van der Waals surface area contributed by atoms with Gasteiger partial charge in [0.05, 0.1) is 12.1 Å². The molecule has 1 aromatic rings. The predicted octanol–water partition coefficient (Wildman–Crippen LogP) is 3.91. The molecule has 1 N–H and O–H groups in total. The Balaban J connectivity index is 2.19. The third kappa shape index (κ3) is 3.80. The minimum Gasteiger partial charge on any atom is -0.376 e. The van der Waals surface area contributed by atoms with Gasteiger partial charge in [-0.15, -0.1) is 0 Å². The second-order valence-corrected chi connectivity index (χ2v) is 5.70. The summed E-state index contributed by atoms with van der Waals surface area (Å²) < 4.78 is 6.01. The third-order valence-corrected chi connectivity index (χ3v) is 3.96. The summed E-state index contributed by atoms with van der Waals surface area (Å²) in [6.07, 6.45) is 5.17. The van der Waals surface area contributed by atoms with E-state index in [1.807, 2.05) is 0 Å². The molecule has 1 saturated heterocycles. The molecule has 0 bridgehead atoms. The first kappa shape index (κ1) is 14.5. The van der Waals surface area contributed by atoms with Gasteiger partial charge in [-0.05, 0) is 57.2 Å². The van der Waals surface area contributed by atoms with Crippen molar-refractivity contribution in [3.63, 3.8) is 0 Å². The molecule has 1 aliphatic rings. The van der Waals surface area contributed by atoms with Crippen LogP contribution < -0.4 is 5.32 Å². The molecule has 1 aliphatic heterocycles. The smallest absolute Gasteiger partial charge is 0.0769 e. The zero-order chi connectivity index (χ0) is 13.7. The molecule has 1 aromatic carbocycles. The van der Waals surface area contributed by atoms with Crippen molar-refractivity contribution in [2.45, 2.75) is 58.6 Å².